The van der Waals surface area contributed by atoms with Crippen LogP contribution in [0.15, 0.2) is 11.6 Å². The van der Waals surface area contributed by atoms with E-state index in [0.29, 0.717) is 17.2 Å². The summed E-state index contributed by atoms with van der Waals surface area (Å²) >= 11 is 1.31. The van der Waals surface area contributed by atoms with Crippen molar-refractivity contribution in [3.8, 4) is 0 Å². The average Bonchev–Trinajstić information content (AvgIpc) is 3.06. The highest BCUT2D eigenvalue weighted by Gasteiger charge is 2.20. The smallest absolute Gasteiger partial charge is 0.358 e. The predicted octanol–water partition coefficient (Wildman–Crippen LogP) is 1.41. The quantitative estimate of drug-likeness (QED) is 0.800. The predicted molar refractivity (Wildman–Crippen MR) is 76.3 cm³/mol. The van der Waals surface area contributed by atoms with Crippen LogP contribution in [0.4, 0.5) is 5.13 Å². The average molecular weight is 309 g/mol. The molecule has 0 fully saturated rings. The lowest BCUT2D eigenvalue weighted by molar-refractivity contribution is -0.117. The molecule has 0 radical (unpaired) electrons. The summed E-state index contributed by atoms with van der Waals surface area (Å²) in [4.78, 5) is 27.0. The van der Waals surface area contributed by atoms with Crippen molar-refractivity contribution in [3.05, 3.63) is 23.0 Å². The van der Waals surface area contributed by atoms with Crippen molar-refractivity contribution in [1.82, 2.24) is 20.0 Å². The Hall–Kier alpha value is -2.29. The molecule has 2 aromatic rings. The van der Waals surface area contributed by atoms with Crippen molar-refractivity contribution in [2.24, 2.45) is 0 Å². The second-order valence-electron chi connectivity index (χ2n) is 4.34. The Morgan fingerprint density at radius 1 is 1.48 bits per heavy atom. The zero-order chi connectivity index (χ0) is 15.2. The van der Waals surface area contributed by atoms with Gasteiger partial charge >= 0.3 is 5.97 Å². The molecule has 9 heteroatoms. The van der Waals surface area contributed by atoms with Gasteiger partial charge < -0.3 is 10.4 Å². The molecule has 0 bridgehead atoms. The van der Waals surface area contributed by atoms with Crippen LogP contribution < -0.4 is 5.32 Å². The zero-order valence-electron chi connectivity index (χ0n) is 11.4. The van der Waals surface area contributed by atoms with Crippen molar-refractivity contribution in [2.75, 3.05) is 5.32 Å². The Morgan fingerprint density at radius 2 is 2.29 bits per heavy atom. The number of amides is 1. The van der Waals surface area contributed by atoms with Crippen molar-refractivity contribution >= 4 is 28.3 Å². The lowest BCUT2D eigenvalue weighted by Crippen LogP contribution is -2.21. The molecule has 112 valence electrons. The molecule has 0 atom stereocenters. The third-order valence-electron chi connectivity index (χ3n) is 2.78. The number of carboxylic acids is 1. The van der Waals surface area contributed by atoms with Gasteiger partial charge in [0.2, 0.25) is 5.91 Å². The maximum absolute atomic E-state index is 11.9. The number of rotatable bonds is 7. The van der Waals surface area contributed by atoms with Crippen molar-refractivity contribution in [3.63, 3.8) is 0 Å². The molecular weight excluding hydrogens is 294 g/mol. The lowest BCUT2D eigenvalue weighted by Gasteiger charge is -2.06. The fourth-order valence-electron chi connectivity index (χ4n) is 1.80. The van der Waals surface area contributed by atoms with Crippen molar-refractivity contribution < 1.29 is 14.7 Å². The first-order valence-electron chi connectivity index (χ1n) is 6.46. The number of carbonyl (C=O) groups is 2. The second kappa shape index (κ2) is 6.93. The van der Waals surface area contributed by atoms with E-state index in [1.807, 2.05) is 6.92 Å². The maximum Gasteiger partial charge on any atom is 0.358 e. The summed E-state index contributed by atoms with van der Waals surface area (Å²) in [5.41, 5.74) is 0.379. The van der Waals surface area contributed by atoms with Gasteiger partial charge in [-0.15, -0.1) is 16.4 Å². The number of anilines is 1. The van der Waals surface area contributed by atoms with Crippen LogP contribution in [0.25, 0.3) is 0 Å². The second-order valence-corrected chi connectivity index (χ2v) is 5.23. The largest absolute Gasteiger partial charge is 0.476 e. The van der Waals surface area contributed by atoms with Crippen LogP contribution in [0.3, 0.4) is 0 Å². The number of aromatic carboxylic acids is 1. The molecule has 2 rings (SSSR count). The number of carboxylic acid groups (broad SMARTS) is 1. The minimum absolute atomic E-state index is 0.0844. The molecule has 0 unspecified atom stereocenters. The van der Waals surface area contributed by atoms with Gasteiger partial charge in [-0.2, -0.15) is 0 Å². The zero-order valence-corrected chi connectivity index (χ0v) is 12.3. The molecule has 1 amide bonds. The van der Waals surface area contributed by atoms with E-state index in [0.717, 1.165) is 12.8 Å². The van der Waals surface area contributed by atoms with Crippen LogP contribution in [-0.2, 0) is 17.8 Å². The standard InChI is InChI=1S/C12H15N5O3S/c1-2-3-4-8-10(11(19)20)15-16-17(8)7-9(18)14-12-13-5-6-21-12/h5-6H,2-4,7H2,1H3,(H,19,20)(H,13,14,18). The van der Waals surface area contributed by atoms with Crippen LogP contribution in [0, 0.1) is 0 Å². The molecule has 0 saturated heterocycles. The van der Waals surface area contributed by atoms with Crippen molar-refractivity contribution in [1.29, 1.82) is 0 Å². The van der Waals surface area contributed by atoms with E-state index in [4.69, 9.17) is 5.11 Å². The summed E-state index contributed by atoms with van der Waals surface area (Å²) in [6.45, 7) is 1.92. The van der Waals surface area contributed by atoms with Gasteiger partial charge in [-0.3, -0.25) is 4.79 Å². The minimum Gasteiger partial charge on any atom is -0.476 e. The molecule has 2 aromatic heterocycles. The number of nitrogens with one attached hydrogen (secondary N) is 1. The summed E-state index contributed by atoms with van der Waals surface area (Å²) in [5.74, 6) is -1.45. The van der Waals surface area contributed by atoms with Gasteiger partial charge in [-0.25, -0.2) is 14.5 Å². The third-order valence-corrected chi connectivity index (χ3v) is 3.47. The first-order chi connectivity index (χ1) is 10.1. The van der Waals surface area contributed by atoms with Gasteiger partial charge in [-0.05, 0) is 12.8 Å². The highest BCUT2D eigenvalue weighted by atomic mass is 32.1. The summed E-state index contributed by atoms with van der Waals surface area (Å²) in [7, 11) is 0. The molecule has 0 saturated carbocycles. The van der Waals surface area contributed by atoms with E-state index in [9.17, 15) is 9.59 Å². The lowest BCUT2D eigenvalue weighted by atomic mass is 10.1. The number of hydrogen-bond donors (Lipinski definition) is 2. The first kappa shape index (κ1) is 15.1. The molecule has 0 aliphatic carbocycles. The Labute approximate surface area is 124 Å². The topological polar surface area (TPSA) is 110 Å². The number of carbonyl (C=O) groups excluding carboxylic acids is 1. The number of hydrogen-bond acceptors (Lipinski definition) is 6. The third kappa shape index (κ3) is 3.85. The maximum atomic E-state index is 11.9. The molecular formula is C12H15N5O3S. The SMILES string of the molecule is CCCCc1c(C(=O)O)nnn1CC(=O)Nc1nccs1. The fourth-order valence-corrected chi connectivity index (χ4v) is 2.34. The molecule has 0 aromatic carbocycles. The highest BCUT2D eigenvalue weighted by Crippen LogP contribution is 2.12. The Bertz CT molecular complexity index is 623. The summed E-state index contributed by atoms with van der Waals surface area (Å²) in [6, 6.07) is 0. The van der Waals surface area contributed by atoms with Gasteiger partial charge in [0.05, 0.1) is 5.69 Å². The molecule has 21 heavy (non-hydrogen) atoms. The summed E-state index contributed by atoms with van der Waals surface area (Å²) in [6.07, 6.45) is 3.83. The molecule has 2 N–H and O–H groups in total. The van der Waals surface area contributed by atoms with E-state index < -0.39 is 5.97 Å². The van der Waals surface area contributed by atoms with Crippen LogP contribution in [0.2, 0.25) is 0 Å². The van der Waals surface area contributed by atoms with Gasteiger partial charge in [-0.1, -0.05) is 18.6 Å². The number of thiazole rings is 1. The Kier molecular flexibility index (Phi) is 4.99. The van der Waals surface area contributed by atoms with Gasteiger partial charge in [0.15, 0.2) is 10.8 Å². The molecule has 2 heterocycles. The van der Waals surface area contributed by atoms with E-state index >= 15 is 0 Å². The molecule has 0 aliphatic heterocycles. The van der Waals surface area contributed by atoms with Crippen LogP contribution in [0.5, 0.6) is 0 Å². The normalized spacial score (nSPS) is 10.5. The molecule has 0 spiro atoms. The van der Waals surface area contributed by atoms with Gasteiger partial charge in [0.1, 0.15) is 6.54 Å². The van der Waals surface area contributed by atoms with Crippen molar-refractivity contribution in [2.45, 2.75) is 32.7 Å². The Morgan fingerprint density at radius 3 is 2.90 bits per heavy atom. The molecule has 0 aliphatic rings. The monoisotopic (exact) mass is 309 g/mol. The summed E-state index contributed by atoms with van der Waals surface area (Å²) in [5, 5.41) is 21.4. The highest BCUT2D eigenvalue weighted by molar-refractivity contribution is 7.13. The number of nitrogens with zero attached hydrogens (tertiary/aromatic N) is 4. The molecule has 8 nitrogen and oxygen atoms in total. The van der Waals surface area contributed by atoms with Gasteiger partial charge in [0, 0.05) is 11.6 Å². The number of unbranched alkanes of at least 4 members (excludes halogenated alkanes) is 1. The van der Waals surface area contributed by atoms with E-state index in [1.54, 1.807) is 11.6 Å². The number of aromatic nitrogens is 4. The Balaban J connectivity index is 2.11. The van der Waals surface area contributed by atoms with E-state index in [1.165, 1.54) is 16.0 Å². The first-order valence-corrected chi connectivity index (χ1v) is 7.34. The minimum atomic E-state index is -1.13. The van der Waals surface area contributed by atoms with Crippen LogP contribution in [0.1, 0.15) is 35.9 Å². The summed E-state index contributed by atoms with van der Waals surface area (Å²) < 4.78 is 1.34. The fraction of sp³-hybridized carbons (Fsp3) is 0.417. The van der Waals surface area contributed by atoms with Crippen LogP contribution >= 0.6 is 11.3 Å². The van der Waals surface area contributed by atoms with E-state index in [-0.39, 0.29) is 18.1 Å². The van der Waals surface area contributed by atoms with E-state index in [2.05, 4.69) is 20.6 Å². The van der Waals surface area contributed by atoms with Gasteiger partial charge in [0.25, 0.3) is 0 Å². The van der Waals surface area contributed by atoms with Crippen LogP contribution in [-0.4, -0.2) is 37.0 Å².